The molecular formula is C14H17FN2O3. The van der Waals surface area contributed by atoms with Gasteiger partial charge in [-0.15, -0.1) is 0 Å². The number of alkyl halides is 1. The Hall–Kier alpha value is -2.11. The number of carboxylic acids is 1. The van der Waals surface area contributed by atoms with Crippen molar-refractivity contribution in [1.29, 1.82) is 0 Å². The number of hydrogen-bond donors (Lipinski definition) is 1. The van der Waals surface area contributed by atoms with E-state index in [1.807, 2.05) is 17.0 Å². The molecule has 0 saturated heterocycles. The highest BCUT2D eigenvalue weighted by Crippen LogP contribution is 2.32. The Balaban J connectivity index is 2.15. The van der Waals surface area contributed by atoms with E-state index in [1.165, 1.54) is 4.90 Å². The molecule has 0 aromatic heterocycles. The van der Waals surface area contributed by atoms with Crippen LogP contribution in [0.5, 0.6) is 0 Å². The van der Waals surface area contributed by atoms with Gasteiger partial charge in [0.2, 0.25) is 5.91 Å². The predicted molar refractivity (Wildman–Crippen MR) is 74.0 cm³/mol. The maximum atomic E-state index is 12.4. The van der Waals surface area contributed by atoms with Crippen LogP contribution in [0.2, 0.25) is 0 Å². The van der Waals surface area contributed by atoms with Crippen LogP contribution < -0.4 is 9.80 Å². The number of amides is 1. The van der Waals surface area contributed by atoms with E-state index in [0.717, 1.165) is 16.9 Å². The molecule has 1 aliphatic rings. The third-order valence-electron chi connectivity index (χ3n) is 3.41. The average Bonchev–Trinajstić information content (AvgIpc) is 2.72. The fraction of sp³-hybridized carbons (Fsp3) is 0.429. The number of carboxylic acid groups (broad SMARTS) is 1. The number of rotatable bonds is 6. The highest BCUT2D eigenvalue weighted by Gasteiger charge is 2.27. The van der Waals surface area contributed by atoms with Gasteiger partial charge in [-0.25, -0.2) is 4.39 Å². The van der Waals surface area contributed by atoms with Gasteiger partial charge in [-0.05, 0) is 23.8 Å². The van der Waals surface area contributed by atoms with Crippen LogP contribution in [0.15, 0.2) is 18.2 Å². The number of carbonyl (C=O) groups excluding carboxylic acids is 1. The van der Waals surface area contributed by atoms with Crippen LogP contribution in [0.3, 0.4) is 0 Å². The van der Waals surface area contributed by atoms with Crippen molar-refractivity contribution in [2.45, 2.75) is 12.8 Å². The molecule has 0 saturated carbocycles. The molecule has 1 aliphatic heterocycles. The van der Waals surface area contributed by atoms with Crippen LogP contribution >= 0.6 is 0 Å². The highest BCUT2D eigenvalue weighted by molar-refractivity contribution is 6.01. The maximum Gasteiger partial charge on any atom is 0.305 e. The summed E-state index contributed by atoms with van der Waals surface area (Å²) in [5.41, 5.74) is 2.48. The lowest BCUT2D eigenvalue weighted by Crippen LogP contribution is -2.28. The van der Waals surface area contributed by atoms with E-state index in [9.17, 15) is 14.0 Å². The van der Waals surface area contributed by atoms with Crippen molar-refractivity contribution in [3.63, 3.8) is 0 Å². The van der Waals surface area contributed by atoms with Gasteiger partial charge >= 0.3 is 5.97 Å². The van der Waals surface area contributed by atoms with Gasteiger partial charge in [0.25, 0.3) is 0 Å². The molecule has 20 heavy (non-hydrogen) atoms. The van der Waals surface area contributed by atoms with Gasteiger partial charge in [-0.1, -0.05) is 0 Å². The molecule has 108 valence electrons. The highest BCUT2D eigenvalue weighted by atomic mass is 19.1. The minimum Gasteiger partial charge on any atom is -0.481 e. The molecule has 0 bridgehead atoms. The topological polar surface area (TPSA) is 60.9 Å². The molecule has 6 heteroatoms. The fourth-order valence-corrected chi connectivity index (χ4v) is 2.33. The van der Waals surface area contributed by atoms with Crippen LogP contribution in [0.4, 0.5) is 15.8 Å². The summed E-state index contributed by atoms with van der Waals surface area (Å²) < 4.78 is 12.4. The molecule has 0 aliphatic carbocycles. The van der Waals surface area contributed by atoms with Crippen LogP contribution in [0.1, 0.15) is 12.0 Å². The minimum absolute atomic E-state index is 0.0560. The molecule has 0 unspecified atom stereocenters. The molecule has 1 aromatic rings. The number of aliphatic carboxylic acids is 1. The zero-order valence-electron chi connectivity index (χ0n) is 11.3. The van der Waals surface area contributed by atoms with E-state index < -0.39 is 12.6 Å². The maximum absolute atomic E-state index is 12.4. The van der Waals surface area contributed by atoms with E-state index >= 15 is 0 Å². The quantitative estimate of drug-likeness (QED) is 0.857. The summed E-state index contributed by atoms with van der Waals surface area (Å²) in [6.07, 6.45) is 0.330. The van der Waals surface area contributed by atoms with Crippen molar-refractivity contribution < 1.29 is 19.1 Å². The number of anilines is 2. The van der Waals surface area contributed by atoms with Gasteiger partial charge < -0.3 is 14.9 Å². The molecule has 1 amide bonds. The SMILES string of the molecule is CN(CCC(=O)O)c1ccc2c(c1)CC(=O)N2CCF. The van der Waals surface area contributed by atoms with Crippen LogP contribution in [-0.2, 0) is 16.0 Å². The minimum atomic E-state index is -0.845. The molecule has 1 heterocycles. The number of carbonyl (C=O) groups is 2. The number of fused-ring (bicyclic) bond motifs is 1. The summed E-state index contributed by atoms with van der Waals surface area (Å²) in [4.78, 5) is 25.6. The number of hydrogen-bond acceptors (Lipinski definition) is 3. The van der Waals surface area contributed by atoms with Crippen molar-refractivity contribution in [1.82, 2.24) is 0 Å². The Bertz CT molecular complexity index is 533. The Kier molecular flexibility index (Phi) is 4.22. The van der Waals surface area contributed by atoms with Crippen molar-refractivity contribution in [2.75, 3.05) is 36.6 Å². The van der Waals surface area contributed by atoms with Crippen molar-refractivity contribution in [3.8, 4) is 0 Å². The molecule has 0 fully saturated rings. The lowest BCUT2D eigenvalue weighted by molar-refractivity contribution is -0.136. The smallest absolute Gasteiger partial charge is 0.305 e. The van der Waals surface area contributed by atoms with Crippen molar-refractivity contribution >= 4 is 23.3 Å². The van der Waals surface area contributed by atoms with Crippen LogP contribution in [0, 0.1) is 0 Å². The molecule has 1 aromatic carbocycles. The fourth-order valence-electron chi connectivity index (χ4n) is 2.33. The van der Waals surface area contributed by atoms with Gasteiger partial charge in [-0.3, -0.25) is 9.59 Å². The van der Waals surface area contributed by atoms with Crippen molar-refractivity contribution in [3.05, 3.63) is 23.8 Å². The first-order chi connectivity index (χ1) is 9.52. The van der Waals surface area contributed by atoms with E-state index in [-0.39, 0.29) is 25.3 Å². The second-order valence-corrected chi connectivity index (χ2v) is 4.79. The monoisotopic (exact) mass is 280 g/mol. The summed E-state index contributed by atoms with van der Waals surface area (Å²) in [5, 5.41) is 8.68. The molecule has 0 radical (unpaired) electrons. The summed E-state index contributed by atoms with van der Waals surface area (Å²) >= 11 is 0. The molecule has 0 atom stereocenters. The lowest BCUT2D eigenvalue weighted by Gasteiger charge is -2.20. The number of benzene rings is 1. The molecule has 2 rings (SSSR count). The zero-order valence-corrected chi connectivity index (χ0v) is 11.3. The third kappa shape index (κ3) is 2.89. The predicted octanol–water partition coefficient (Wildman–Crippen LogP) is 1.46. The Morgan fingerprint density at radius 1 is 1.50 bits per heavy atom. The number of halogens is 1. The molecule has 1 N–H and O–H groups in total. The van der Waals surface area contributed by atoms with E-state index in [2.05, 4.69) is 0 Å². The Labute approximate surface area is 116 Å². The summed E-state index contributed by atoms with van der Waals surface area (Å²) in [6.45, 7) is -0.0816. The first-order valence-electron chi connectivity index (χ1n) is 6.45. The largest absolute Gasteiger partial charge is 0.481 e. The summed E-state index contributed by atoms with van der Waals surface area (Å²) in [6, 6.07) is 5.49. The second kappa shape index (κ2) is 5.90. The Morgan fingerprint density at radius 2 is 2.25 bits per heavy atom. The van der Waals surface area contributed by atoms with E-state index in [1.54, 1.807) is 13.1 Å². The summed E-state index contributed by atoms with van der Waals surface area (Å²) in [7, 11) is 1.81. The second-order valence-electron chi connectivity index (χ2n) is 4.79. The first kappa shape index (κ1) is 14.3. The molecule has 0 spiro atoms. The van der Waals surface area contributed by atoms with Gasteiger partial charge in [0.15, 0.2) is 0 Å². The lowest BCUT2D eigenvalue weighted by atomic mass is 10.1. The van der Waals surface area contributed by atoms with E-state index in [4.69, 9.17) is 5.11 Å². The average molecular weight is 280 g/mol. The van der Waals surface area contributed by atoms with Crippen molar-refractivity contribution in [2.24, 2.45) is 0 Å². The van der Waals surface area contributed by atoms with E-state index in [0.29, 0.717) is 6.54 Å². The normalized spacial score (nSPS) is 13.5. The summed E-state index contributed by atoms with van der Waals surface area (Å²) in [5.74, 6) is -0.940. The van der Waals surface area contributed by atoms with Crippen LogP contribution in [-0.4, -0.2) is 43.8 Å². The number of nitrogens with zero attached hydrogens (tertiary/aromatic N) is 2. The molecule has 5 nitrogen and oxygen atoms in total. The van der Waals surface area contributed by atoms with Gasteiger partial charge in [0.05, 0.1) is 19.4 Å². The standard InChI is InChI=1S/C14H17FN2O3/c1-16(6-4-14(19)20)11-2-3-12-10(8-11)9-13(18)17(12)7-5-15/h2-3,8H,4-7,9H2,1H3,(H,19,20). The van der Waals surface area contributed by atoms with Gasteiger partial charge in [0, 0.05) is 25.0 Å². The Morgan fingerprint density at radius 3 is 2.90 bits per heavy atom. The molecular weight excluding hydrogens is 263 g/mol. The van der Waals surface area contributed by atoms with Gasteiger partial charge in [-0.2, -0.15) is 0 Å². The third-order valence-corrected chi connectivity index (χ3v) is 3.41. The van der Waals surface area contributed by atoms with Gasteiger partial charge in [0.1, 0.15) is 6.67 Å². The van der Waals surface area contributed by atoms with Crippen LogP contribution in [0.25, 0.3) is 0 Å². The first-order valence-corrected chi connectivity index (χ1v) is 6.45. The zero-order chi connectivity index (χ0) is 14.7.